The van der Waals surface area contributed by atoms with E-state index in [-0.39, 0.29) is 5.82 Å². The molecular formula is C18H25ClFN. The minimum absolute atomic E-state index is 0.248. The molecule has 1 nitrogen and oxygen atoms in total. The summed E-state index contributed by atoms with van der Waals surface area (Å²) < 4.78 is 13.2. The van der Waals surface area contributed by atoms with Crippen molar-refractivity contribution in [2.45, 2.75) is 51.5 Å². The minimum atomic E-state index is -0.248. The predicted molar refractivity (Wildman–Crippen MR) is 86.1 cm³/mol. The van der Waals surface area contributed by atoms with Crippen molar-refractivity contribution >= 4 is 11.6 Å². The van der Waals surface area contributed by atoms with Gasteiger partial charge in [-0.05, 0) is 74.1 Å². The third-order valence-corrected chi connectivity index (χ3v) is 5.77. The second-order valence-corrected chi connectivity index (χ2v) is 7.25. The Kier molecular flexibility index (Phi) is 4.85. The molecule has 2 fully saturated rings. The number of fused-ring (bicyclic) bond motifs is 2. The van der Waals surface area contributed by atoms with Gasteiger partial charge in [-0.1, -0.05) is 31.0 Å². The summed E-state index contributed by atoms with van der Waals surface area (Å²) in [5.74, 6) is 2.37. The van der Waals surface area contributed by atoms with Crippen LogP contribution in [0.2, 0.25) is 5.02 Å². The maximum atomic E-state index is 13.2. The summed E-state index contributed by atoms with van der Waals surface area (Å²) in [4.78, 5) is 0. The van der Waals surface area contributed by atoms with Crippen molar-refractivity contribution in [2.75, 3.05) is 6.54 Å². The third-order valence-electron chi connectivity index (χ3n) is 5.42. The summed E-state index contributed by atoms with van der Waals surface area (Å²) in [5.41, 5.74) is 1.08. The van der Waals surface area contributed by atoms with Crippen LogP contribution in [0.15, 0.2) is 18.2 Å². The van der Waals surface area contributed by atoms with Gasteiger partial charge in [-0.25, -0.2) is 4.39 Å². The van der Waals surface area contributed by atoms with E-state index < -0.39 is 0 Å². The molecule has 4 atom stereocenters. The maximum Gasteiger partial charge on any atom is 0.124 e. The van der Waals surface area contributed by atoms with Gasteiger partial charge >= 0.3 is 0 Å². The SMILES string of the molecule is CCCNC(Cc1ccc(F)cc1Cl)C1CC2CCC1C2. The minimum Gasteiger partial charge on any atom is -0.313 e. The fourth-order valence-electron chi connectivity index (χ4n) is 4.42. The molecule has 2 aliphatic carbocycles. The summed E-state index contributed by atoms with van der Waals surface area (Å²) in [5, 5.41) is 4.30. The Balaban J connectivity index is 1.73. The average Bonchev–Trinajstić information content (AvgIpc) is 3.08. The molecule has 3 rings (SSSR count). The van der Waals surface area contributed by atoms with Gasteiger partial charge in [-0.2, -0.15) is 0 Å². The fourth-order valence-corrected chi connectivity index (χ4v) is 4.66. The topological polar surface area (TPSA) is 12.0 Å². The summed E-state index contributed by atoms with van der Waals surface area (Å²) >= 11 is 6.23. The molecule has 1 N–H and O–H groups in total. The number of nitrogens with one attached hydrogen (secondary N) is 1. The van der Waals surface area contributed by atoms with Gasteiger partial charge in [-0.15, -0.1) is 0 Å². The summed E-state index contributed by atoms with van der Waals surface area (Å²) in [6, 6.07) is 5.31. The van der Waals surface area contributed by atoms with Crippen molar-refractivity contribution in [1.29, 1.82) is 0 Å². The molecule has 0 radical (unpaired) electrons. The van der Waals surface area contributed by atoms with E-state index in [9.17, 15) is 4.39 Å². The van der Waals surface area contributed by atoms with E-state index in [1.165, 1.54) is 37.8 Å². The fraction of sp³-hybridized carbons (Fsp3) is 0.667. The molecule has 3 heteroatoms. The summed E-state index contributed by atoms with van der Waals surface area (Å²) in [6.07, 6.45) is 7.69. The predicted octanol–water partition coefficient (Wildman–Crippen LogP) is 4.83. The van der Waals surface area contributed by atoms with Crippen LogP contribution in [0.5, 0.6) is 0 Å². The monoisotopic (exact) mass is 309 g/mol. The van der Waals surface area contributed by atoms with Gasteiger partial charge in [0.15, 0.2) is 0 Å². The zero-order chi connectivity index (χ0) is 14.8. The van der Waals surface area contributed by atoms with Crippen molar-refractivity contribution in [2.24, 2.45) is 17.8 Å². The first-order chi connectivity index (χ1) is 10.2. The molecule has 1 aromatic carbocycles. The van der Waals surface area contributed by atoms with Crippen LogP contribution >= 0.6 is 11.6 Å². The zero-order valence-corrected chi connectivity index (χ0v) is 13.5. The van der Waals surface area contributed by atoms with E-state index >= 15 is 0 Å². The number of benzene rings is 1. The Labute approximate surface area is 132 Å². The molecule has 116 valence electrons. The van der Waals surface area contributed by atoms with Crippen LogP contribution in [-0.2, 0) is 6.42 Å². The molecule has 21 heavy (non-hydrogen) atoms. The smallest absolute Gasteiger partial charge is 0.124 e. The van der Waals surface area contributed by atoms with Gasteiger partial charge in [0.2, 0.25) is 0 Å². The van der Waals surface area contributed by atoms with Gasteiger partial charge in [0.1, 0.15) is 5.82 Å². The number of rotatable bonds is 6. The largest absolute Gasteiger partial charge is 0.313 e. The highest BCUT2D eigenvalue weighted by Crippen LogP contribution is 2.50. The van der Waals surface area contributed by atoms with Crippen LogP contribution in [0.4, 0.5) is 4.39 Å². The van der Waals surface area contributed by atoms with Gasteiger partial charge in [0.25, 0.3) is 0 Å². The summed E-state index contributed by atoms with van der Waals surface area (Å²) in [7, 11) is 0. The quantitative estimate of drug-likeness (QED) is 0.794. The van der Waals surface area contributed by atoms with E-state index in [1.807, 2.05) is 6.07 Å². The van der Waals surface area contributed by atoms with Crippen LogP contribution in [0, 0.1) is 23.6 Å². The molecule has 2 saturated carbocycles. The Morgan fingerprint density at radius 3 is 2.81 bits per heavy atom. The van der Waals surface area contributed by atoms with Crippen molar-refractivity contribution in [1.82, 2.24) is 5.32 Å². The van der Waals surface area contributed by atoms with E-state index in [4.69, 9.17) is 11.6 Å². The highest BCUT2D eigenvalue weighted by Gasteiger charge is 2.42. The lowest BCUT2D eigenvalue weighted by atomic mass is 9.81. The van der Waals surface area contributed by atoms with Crippen molar-refractivity contribution in [3.8, 4) is 0 Å². The zero-order valence-electron chi connectivity index (χ0n) is 12.7. The second kappa shape index (κ2) is 6.66. The van der Waals surface area contributed by atoms with E-state index in [0.717, 1.165) is 42.7 Å². The lowest BCUT2D eigenvalue weighted by Gasteiger charge is -2.32. The maximum absolute atomic E-state index is 13.2. The first kappa shape index (κ1) is 15.3. The molecule has 0 aliphatic heterocycles. The third kappa shape index (κ3) is 3.43. The summed E-state index contributed by atoms with van der Waals surface area (Å²) in [6.45, 7) is 3.26. The Morgan fingerprint density at radius 1 is 1.33 bits per heavy atom. The van der Waals surface area contributed by atoms with Crippen LogP contribution in [0.3, 0.4) is 0 Å². The number of hydrogen-bond donors (Lipinski definition) is 1. The normalized spacial score (nSPS) is 29.0. The molecule has 0 amide bonds. The average molecular weight is 310 g/mol. The Morgan fingerprint density at radius 2 is 2.19 bits per heavy atom. The first-order valence-corrected chi connectivity index (χ1v) is 8.72. The number of halogens is 2. The lowest BCUT2D eigenvalue weighted by molar-refractivity contribution is 0.247. The molecule has 0 aromatic heterocycles. The van der Waals surface area contributed by atoms with E-state index in [1.54, 1.807) is 0 Å². The Hall–Kier alpha value is -0.600. The molecule has 2 bridgehead atoms. The van der Waals surface area contributed by atoms with E-state index in [0.29, 0.717) is 11.1 Å². The second-order valence-electron chi connectivity index (χ2n) is 6.84. The van der Waals surface area contributed by atoms with Crippen molar-refractivity contribution in [3.05, 3.63) is 34.6 Å². The molecular weight excluding hydrogens is 285 g/mol. The van der Waals surface area contributed by atoms with Gasteiger partial charge in [-0.3, -0.25) is 0 Å². The van der Waals surface area contributed by atoms with Crippen LogP contribution in [-0.4, -0.2) is 12.6 Å². The van der Waals surface area contributed by atoms with Crippen molar-refractivity contribution in [3.63, 3.8) is 0 Å². The highest BCUT2D eigenvalue weighted by atomic mass is 35.5. The van der Waals surface area contributed by atoms with Gasteiger partial charge in [0.05, 0.1) is 0 Å². The highest BCUT2D eigenvalue weighted by molar-refractivity contribution is 6.31. The lowest BCUT2D eigenvalue weighted by Crippen LogP contribution is -2.40. The molecule has 1 aromatic rings. The van der Waals surface area contributed by atoms with Crippen LogP contribution in [0.1, 0.15) is 44.6 Å². The number of hydrogen-bond acceptors (Lipinski definition) is 1. The van der Waals surface area contributed by atoms with E-state index in [2.05, 4.69) is 12.2 Å². The molecule has 0 spiro atoms. The van der Waals surface area contributed by atoms with Gasteiger partial charge < -0.3 is 5.32 Å². The van der Waals surface area contributed by atoms with Gasteiger partial charge in [0, 0.05) is 11.1 Å². The van der Waals surface area contributed by atoms with Crippen molar-refractivity contribution < 1.29 is 4.39 Å². The molecule has 4 unspecified atom stereocenters. The standard InChI is InChI=1S/C18H25ClFN/c1-2-7-21-18(16-9-12-3-4-13(16)8-12)10-14-5-6-15(20)11-17(14)19/h5-6,11-13,16,18,21H,2-4,7-10H2,1H3. The van der Waals surface area contributed by atoms with Crippen LogP contribution in [0.25, 0.3) is 0 Å². The molecule has 0 saturated heterocycles. The van der Waals surface area contributed by atoms with Crippen LogP contribution < -0.4 is 5.32 Å². The molecule has 0 heterocycles. The molecule has 2 aliphatic rings. The first-order valence-electron chi connectivity index (χ1n) is 8.34. The Bertz CT molecular complexity index is 490.